The fraction of sp³-hybridized carbons (Fsp3) is 0.0909. The fourth-order valence-electron chi connectivity index (χ4n) is 0.990. The number of hydrogen-bond acceptors (Lipinski definition) is 0. The van der Waals surface area contributed by atoms with E-state index in [1.54, 1.807) is 6.08 Å². The van der Waals surface area contributed by atoms with Gasteiger partial charge in [-0.3, -0.25) is 6.58 Å². The SMILES string of the molecule is [CH-]=C/C(=C\C)c1ccccc1.[Ni]. The molecule has 0 aliphatic heterocycles. The van der Waals surface area contributed by atoms with E-state index in [4.69, 9.17) is 6.58 Å². The summed E-state index contributed by atoms with van der Waals surface area (Å²) in [5, 5.41) is 0. The summed E-state index contributed by atoms with van der Waals surface area (Å²) in [6.07, 6.45) is 3.62. The molecule has 1 aromatic rings. The normalized spacial score (nSPS) is 10.2. The van der Waals surface area contributed by atoms with Crippen LogP contribution in [-0.2, 0) is 16.5 Å². The quantitative estimate of drug-likeness (QED) is 0.392. The summed E-state index contributed by atoms with van der Waals surface area (Å²) in [7, 11) is 0. The van der Waals surface area contributed by atoms with E-state index in [1.165, 1.54) is 0 Å². The zero-order valence-corrected chi connectivity index (χ0v) is 7.92. The minimum Gasteiger partial charge on any atom is -0.292 e. The number of allylic oxidation sites excluding steroid dienone is 3. The monoisotopic (exact) mass is 201 g/mol. The molecule has 12 heavy (non-hydrogen) atoms. The molecule has 66 valence electrons. The average Bonchev–Trinajstić information content (AvgIpc) is 2.09. The van der Waals surface area contributed by atoms with E-state index in [0.29, 0.717) is 0 Å². The molecule has 0 N–H and O–H groups in total. The van der Waals surface area contributed by atoms with Crippen molar-refractivity contribution in [3.63, 3.8) is 0 Å². The first kappa shape index (κ1) is 11.2. The van der Waals surface area contributed by atoms with E-state index in [-0.39, 0.29) is 16.5 Å². The molecule has 0 aromatic heterocycles. The Hall–Kier alpha value is -0.806. The van der Waals surface area contributed by atoms with Gasteiger partial charge in [0.25, 0.3) is 0 Å². The molecule has 1 aromatic carbocycles. The van der Waals surface area contributed by atoms with Crippen molar-refractivity contribution >= 4 is 5.57 Å². The van der Waals surface area contributed by atoms with E-state index >= 15 is 0 Å². The Bertz CT molecular complexity index is 260. The molecular weight excluding hydrogens is 191 g/mol. The predicted octanol–water partition coefficient (Wildman–Crippen LogP) is 3.08. The maximum atomic E-state index is 5.42. The Morgan fingerprint density at radius 2 is 1.83 bits per heavy atom. The van der Waals surface area contributed by atoms with Gasteiger partial charge >= 0.3 is 0 Å². The molecule has 0 saturated carbocycles. The van der Waals surface area contributed by atoms with Gasteiger partial charge in [-0.05, 0) is 0 Å². The third kappa shape index (κ3) is 2.67. The van der Waals surface area contributed by atoms with Crippen LogP contribution in [0.2, 0.25) is 0 Å². The van der Waals surface area contributed by atoms with Crippen LogP contribution in [0.1, 0.15) is 12.5 Å². The van der Waals surface area contributed by atoms with Crippen molar-refractivity contribution < 1.29 is 16.5 Å². The van der Waals surface area contributed by atoms with Gasteiger partial charge in [0.2, 0.25) is 0 Å². The predicted molar refractivity (Wildman–Crippen MR) is 49.0 cm³/mol. The van der Waals surface area contributed by atoms with Crippen molar-refractivity contribution in [2.75, 3.05) is 0 Å². The molecule has 0 amide bonds. The Morgan fingerprint density at radius 3 is 2.25 bits per heavy atom. The first-order valence-electron chi connectivity index (χ1n) is 3.65. The van der Waals surface area contributed by atoms with Crippen LogP contribution in [-0.4, -0.2) is 0 Å². The molecule has 0 unspecified atom stereocenters. The van der Waals surface area contributed by atoms with Gasteiger partial charge < -0.3 is 0 Å². The van der Waals surface area contributed by atoms with E-state index in [0.717, 1.165) is 11.1 Å². The van der Waals surface area contributed by atoms with Crippen molar-refractivity contribution in [2.24, 2.45) is 0 Å². The number of rotatable bonds is 2. The third-order valence-corrected chi connectivity index (χ3v) is 1.60. The van der Waals surface area contributed by atoms with Crippen LogP contribution in [0.3, 0.4) is 0 Å². The van der Waals surface area contributed by atoms with Gasteiger partial charge in [-0.2, -0.15) is 11.6 Å². The largest absolute Gasteiger partial charge is 0.292 e. The molecule has 0 saturated heterocycles. The van der Waals surface area contributed by atoms with Crippen LogP contribution in [0.25, 0.3) is 5.57 Å². The van der Waals surface area contributed by atoms with Crippen molar-refractivity contribution in [2.45, 2.75) is 6.92 Å². The first-order valence-corrected chi connectivity index (χ1v) is 3.65. The maximum absolute atomic E-state index is 5.42. The molecule has 0 aliphatic carbocycles. The second-order valence-electron chi connectivity index (χ2n) is 2.28. The van der Waals surface area contributed by atoms with Crippen LogP contribution >= 0.6 is 0 Å². The zero-order chi connectivity index (χ0) is 8.10. The molecule has 1 rings (SSSR count). The number of benzene rings is 1. The Kier molecular flexibility index (Phi) is 5.41. The van der Waals surface area contributed by atoms with Gasteiger partial charge in [0.15, 0.2) is 0 Å². The Morgan fingerprint density at radius 1 is 1.25 bits per heavy atom. The summed E-state index contributed by atoms with van der Waals surface area (Å²) in [5.74, 6) is 0. The van der Waals surface area contributed by atoms with E-state index in [9.17, 15) is 0 Å². The van der Waals surface area contributed by atoms with Crippen LogP contribution < -0.4 is 0 Å². The molecule has 0 fully saturated rings. The van der Waals surface area contributed by atoms with Crippen LogP contribution in [0.5, 0.6) is 0 Å². The first-order chi connectivity index (χ1) is 5.38. The van der Waals surface area contributed by atoms with Crippen molar-refractivity contribution in [3.05, 3.63) is 54.6 Å². The van der Waals surface area contributed by atoms with Crippen molar-refractivity contribution in [3.8, 4) is 0 Å². The second kappa shape index (κ2) is 5.79. The summed E-state index contributed by atoms with van der Waals surface area (Å²) in [5.41, 5.74) is 2.24. The van der Waals surface area contributed by atoms with Gasteiger partial charge in [0, 0.05) is 16.5 Å². The zero-order valence-electron chi connectivity index (χ0n) is 6.94. The molecule has 0 bridgehead atoms. The second-order valence-corrected chi connectivity index (χ2v) is 2.28. The number of hydrogen-bond donors (Lipinski definition) is 0. The Labute approximate surface area is 83.9 Å². The van der Waals surface area contributed by atoms with Crippen LogP contribution in [0, 0.1) is 6.58 Å². The van der Waals surface area contributed by atoms with Crippen LogP contribution in [0.4, 0.5) is 0 Å². The molecule has 0 spiro atoms. The summed E-state index contributed by atoms with van der Waals surface area (Å²) in [6, 6.07) is 10.1. The Balaban J connectivity index is 0.00000121. The van der Waals surface area contributed by atoms with E-state index < -0.39 is 0 Å². The van der Waals surface area contributed by atoms with Gasteiger partial charge in [0.1, 0.15) is 0 Å². The molecule has 0 atom stereocenters. The molecule has 0 nitrogen and oxygen atoms in total. The van der Waals surface area contributed by atoms with Crippen molar-refractivity contribution in [1.29, 1.82) is 0 Å². The van der Waals surface area contributed by atoms with Gasteiger partial charge in [-0.25, -0.2) is 6.08 Å². The summed E-state index contributed by atoms with van der Waals surface area (Å²) in [6.45, 7) is 7.40. The minimum absolute atomic E-state index is 0. The summed E-state index contributed by atoms with van der Waals surface area (Å²) < 4.78 is 0. The van der Waals surface area contributed by atoms with Crippen molar-refractivity contribution in [1.82, 2.24) is 0 Å². The smallest absolute Gasteiger partial charge is 0 e. The van der Waals surface area contributed by atoms with Gasteiger partial charge in [0.05, 0.1) is 0 Å². The summed E-state index contributed by atoms with van der Waals surface area (Å²) in [4.78, 5) is 0. The molecule has 0 aliphatic rings. The topological polar surface area (TPSA) is 0 Å². The van der Waals surface area contributed by atoms with Crippen LogP contribution in [0.15, 0.2) is 42.5 Å². The fourth-order valence-corrected chi connectivity index (χ4v) is 0.990. The van der Waals surface area contributed by atoms with E-state index in [1.807, 2.05) is 43.3 Å². The molecular formula is C11H11Ni-. The molecule has 1 heteroatoms. The molecule has 0 radical (unpaired) electrons. The minimum atomic E-state index is 0. The molecule has 0 heterocycles. The van der Waals surface area contributed by atoms with E-state index in [2.05, 4.69) is 0 Å². The summed E-state index contributed by atoms with van der Waals surface area (Å²) >= 11 is 0. The maximum Gasteiger partial charge on any atom is 0 e. The average molecular weight is 202 g/mol. The standard InChI is InChI=1S/C11H11.Ni/c1-3-10(4-2)11-8-6-5-7-9-11;/h1,3-9H,2H3;/q-1;/b10-4+;. The van der Waals surface area contributed by atoms with Gasteiger partial charge in [-0.1, -0.05) is 37.3 Å². The van der Waals surface area contributed by atoms with Gasteiger partial charge in [-0.15, -0.1) is 5.56 Å². The third-order valence-electron chi connectivity index (χ3n) is 1.60.